The molecule has 0 fully saturated rings. The maximum absolute atomic E-state index is 13.1. The first-order valence-electron chi connectivity index (χ1n) is 8.26. The number of nitrogens with zero attached hydrogens (tertiary/aromatic N) is 3. The van der Waals surface area contributed by atoms with Gasteiger partial charge in [-0.15, -0.1) is 11.3 Å². The molecule has 0 unspecified atom stereocenters. The lowest BCUT2D eigenvalue weighted by Gasteiger charge is -2.22. The van der Waals surface area contributed by atoms with Gasteiger partial charge < -0.3 is 10.0 Å². The van der Waals surface area contributed by atoms with E-state index in [2.05, 4.69) is 29.0 Å². The van der Waals surface area contributed by atoms with Crippen molar-refractivity contribution in [3.05, 3.63) is 57.5 Å². The van der Waals surface area contributed by atoms with Crippen molar-refractivity contribution in [2.75, 3.05) is 13.2 Å². The van der Waals surface area contributed by atoms with Crippen molar-refractivity contribution >= 4 is 28.3 Å². The van der Waals surface area contributed by atoms with Crippen LogP contribution in [0.5, 0.6) is 0 Å². The Morgan fingerprint density at radius 3 is 2.84 bits per heavy atom. The third kappa shape index (κ3) is 4.03. The van der Waals surface area contributed by atoms with E-state index in [0.29, 0.717) is 36.4 Å². The summed E-state index contributed by atoms with van der Waals surface area (Å²) in [5.74, 6) is -0.0599. The number of thiophene rings is 1. The largest absolute Gasteiger partial charge is 0.396 e. The number of pyridine rings is 2. The number of rotatable bonds is 6. The first-order valence-corrected chi connectivity index (χ1v) is 9.08. The molecule has 0 atom stereocenters. The third-order valence-electron chi connectivity index (χ3n) is 4.03. The molecule has 0 aliphatic rings. The number of carbonyl (C=O) groups is 1. The van der Waals surface area contributed by atoms with Crippen molar-refractivity contribution in [2.24, 2.45) is 0 Å². The lowest BCUT2D eigenvalue weighted by molar-refractivity contribution is 0.0732. The zero-order valence-electron chi connectivity index (χ0n) is 14.4. The number of aliphatic hydroxyl groups excluding tert-OH is 1. The van der Waals surface area contributed by atoms with Gasteiger partial charge in [-0.1, -0.05) is 0 Å². The smallest absolute Gasteiger partial charge is 0.256 e. The molecule has 25 heavy (non-hydrogen) atoms. The average molecular weight is 355 g/mol. The Bertz CT molecular complexity index is 891. The molecule has 6 heteroatoms. The molecule has 3 aromatic heterocycles. The summed E-state index contributed by atoms with van der Waals surface area (Å²) in [6.07, 6.45) is 2.25. The van der Waals surface area contributed by atoms with E-state index < -0.39 is 0 Å². The molecule has 130 valence electrons. The Morgan fingerprint density at radius 1 is 1.28 bits per heavy atom. The molecule has 3 heterocycles. The van der Waals surface area contributed by atoms with Crippen molar-refractivity contribution in [3.8, 4) is 0 Å². The van der Waals surface area contributed by atoms with Crippen molar-refractivity contribution in [3.63, 3.8) is 0 Å². The Labute approximate surface area is 151 Å². The van der Waals surface area contributed by atoms with Crippen molar-refractivity contribution < 1.29 is 9.90 Å². The van der Waals surface area contributed by atoms with E-state index >= 15 is 0 Å². The Hall–Kier alpha value is -2.31. The van der Waals surface area contributed by atoms with E-state index in [9.17, 15) is 9.90 Å². The molecule has 0 saturated heterocycles. The second kappa shape index (κ2) is 7.72. The first kappa shape index (κ1) is 17.5. The molecular weight excluding hydrogens is 334 g/mol. The molecule has 0 aliphatic carbocycles. The first-order chi connectivity index (χ1) is 12.1. The Morgan fingerprint density at radius 2 is 2.12 bits per heavy atom. The standard InChI is InChI=1S/C19H21N3O2S/c1-13-6-7-16(25-13)12-22(9-4-10-23)19(24)17-11-15-5-3-8-20-18(15)21-14(17)2/h3,5-8,11,23H,4,9-10,12H2,1-2H3. The van der Waals surface area contributed by atoms with Gasteiger partial charge in [0.15, 0.2) is 5.65 Å². The average Bonchev–Trinajstić information content (AvgIpc) is 3.02. The number of aliphatic hydroxyl groups is 1. The topological polar surface area (TPSA) is 66.3 Å². The van der Waals surface area contributed by atoms with Gasteiger partial charge in [0.1, 0.15) is 0 Å². The monoisotopic (exact) mass is 355 g/mol. The molecule has 1 amide bonds. The number of carbonyl (C=O) groups excluding carboxylic acids is 1. The summed E-state index contributed by atoms with van der Waals surface area (Å²) in [5.41, 5.74) is 1.91. The molecule has 0 bridgehead atoms. The van der Waals surface area contributed by atoms with Crippen molar-refractivity contribution in [1.29, 1.82) is 0 Å². The Balaban J connectivity index is 1.91. The van der Waals surface area contributed by atoms with Crippen LogP contribution in [0.2, 0.25) is 0 Å². The van der Waals surface area contributed by atoms with Crippen LogP contribution in [-0.4, -0.2) is 39.0 Å². The Kier molecular flexibility index (Phi) is 5.40. The summed E-state index contributed by atoms with van der Waals surface area (Å²) in [6.45, 7) is 5.00. The number of aromatic nitrogens is 2. The van der Waals surface area contributed by atoms with E-state index in [1.54, 1.807) is 22.4 Å². The van der Waals surface area contributed by atoms with Gasteiger partial charge in [0, 0.05) is 34.5 Å². The summed E-state index contributed by atoms with van der Waals surface area (Å²) >= 11 is 1.69. The van der Waals surface area contributed by atoms with Gasteiger partial charge in [0.25, 0.3) is 5.91 Å². The normalized spacial score (nSPS) is 11.0. The fraction of sp³-hybridized carbons (Fsp3) is 0.316. The van der Waals surface area contributed by atoms with Gasteiger partial charge in [0.05, 0.1) is 17.8 Å². The van der Waals surface area contributed by atoms with Gasteiger partial charge >= 0.3 is 0 Å². The van der Waals surface area contributed by atoms with E-state index in [1.165, 1.54) is 4.88 Å². The van der Waals surface area contributed by atoms with Crippen LogP contribution in [0.4, 0.5) is 0 Å². The third-order valence-corrected chi connectivity index (χ3v) is 5.01. The molecular formula is C19H21N3O2S. The van der Waals surface area contributed by atoms with Crippen LogP contribution in [-0.2, 0) is 6.54 Å². The number of fused-ring (bicyclic) bond motifs is 1. The number of amides is 1. The zero-order valence-corrected chi connectivity index (χ0v) is 15.2. The predicted octanol–water partition coefficient (Wildman–Crippen LogP) is 3.33. The lowest BCUT2D eigenvalue weighted by atomic mass is 10.1. The minimum atomic E-state index is -0.0599. The molecule has 0 radical (unpaired) electrons. The molecule has 0 aromatic carbocycles. The number of hydrogen-bond donors (Lipinski definition) is 1. The van der Waals surface area contributed by atoms with E-state index in [-0.39, 0.29) is 12.5 Å². The molecule has 1 N–H and O–H groups in total. The second-order valence-corrected chi connectivity index (χ2v) is 7.36. The van der Waals surface area contributed by atoms with Crippen LogP contribution in [0, 0.1) is 13.8 Å². The maximum atomic E-state index is 13.1. The van der Waals surface area contributed by atoms with Gasteiger partial charge in [-0.05, 0) is 50.6 Å². The van der Waals surface area contributed by atoms with Crippen LogP contribution >= 0.6 is 11.3 Å². The van der Waals surface area contributed by atoms with Gasteiger partial charge in [0.2, 0.25) is 0 Å². The highest BCUT2D eigenvalue weighted by Crippen LogP contribution is 2.21. The minimum Gasteiger partial charge on any atom is -0.396 e. The molecule has 5 nitrogen and oxygen atoms in total. The van der Waals surface area contributed by atoms with Crippen LogP contribution in [0.15, 0.2) is 36.5 Å². The van der Waals surface area contributed by atoms with Crippen LogP contribution < -0.4 is 0 Å². The maximum Gasteiger partial charge on any atom is 0.256 e. The highest BCUT2D eigenvalue weighted by molar-refractivity contribution is 7.11. The van der Waals surface area contributed by atoms with Gasteiger partial charge in [-0.2, -0.15) is 0 Å². The second-order valence-electron chi connectivity index (χ2n) is 5.99. The molecule has 0 spiro atoms. The molecule has 0 aliphatic heterocycles. The lowest BCUT2D eigenvalue weighted by Crippen LogP contribution is -2.32. The summed E-state index contributed by atoms with van der Waals surface area (Å²) in [4.78, 5) is 26.0. The number of hydrogen-bond acceptors (Lipinski definition) is 5. The van der Waals surface area contributed by atoms with E-state index in [0.717, 1.165) is 10.3 Å². The summed E-state index contributed by atoms with van der Waals surface area (Å²) in [6, 6.07) is 9.72. The highest BCUT2D eigenvalue weighted by atomic mass is 32.1. The van der Waals surface area contributed by atoms with Gasteiger partial charge in [-0.25, -0.2) is 9.97 Å². The summed E-state index contributed by atoms with van der Waals surface area (Å²) < 4.78 is 0. The van der Waals surface area contributed by atoms with E-state index in [4.69, 9.17) is 0 Å². The summed E-state index contributed by atoms with van der Waals surface area (Å²) in [5, 5.41) is 10.0. The quantitative estimate of drug-likeness (QED) is 0.736. The summed E-state index contributed by atoms with van der Waals surface area (Å²) in [7, 11) is 0. The minimum absolute atomic E-state index is 0.0599. The molecule has 3 aromatic rings. The molecule has 0 saturated carbocycles. The fourth-order valence-electron chi connectivity index (χ4n) is 2.75. The van der Waals surface area contributed by atoms with Crippen LogP contribution in [0.1, 0.15) is 32.2 Å². The van der Waals surface area contributed by atoms with Gasteiger partial charge in [-0.3, -0.25) is 4.79 Å². The predicted molar refractivity (Wildman–Crippen MR) is 99.8 cm³/mol. The number of aryl methyl sites for hydroxylation is 2. The molecule has 3 rings (SSSR count). The van der Waals surface area contributed by atoms with Crippen LogP contribution in [0.3, 0.4) is 0 Å². The fourth-order valence-corrected chi connectivity index (χ4v) is 3.66. The highest BCUT2D eigenvalue weighted by Gasteiger charge is 2.20. The SMILES string of the molecule is Cc1ccc(CN(CCCO)C(=O)c2cc3cccnc3nc2C)s1. The van der Waals surface area contributed by atoms with Crippen molar-refractivity contribution in [2.45, 2.75) is 26.8 Å². The van der Waals surface area contributed by atoms with E-state index in [1.807, 2.05) is 25.1 Å². The van der Waals surface area contributed by atoms with Crippen molar-refractivity contribution in [1.82, 2.24) is 14.9 Å². The van der Waals surface area contributed by atoms with Crippen LogP contribution in [0.25, 0.3) is 11.0 Å². The zero-order chi connectivity index (χ0) is 17.8.